The molecule has 0 radical (unpaired) electrons. The standard InChI is InChI=1S/C29H46O7Si/c1-14-13-28-15(2)12-18-20(27(18,8)9)19(22(28)31)21(36-37(10,11)26(5,6)7)16(3)24-29(28,35-25(32)34-24)23(14)33-17(4)30/h13,15-16,18-24,31H,12H2,1-11H3/t15-,16+,18-,19-,20-,21?,22?,23+,24-,28+,29-/m1/s1. The summed E-state index contributed by atoms with van der Waals surface area (Å²) in [5, 5.41) is 12.7. The molecule has 4 aliphatic carbocycles. The number of hydrogen-bond acceptors (Lipinski definition) is 7. The highest BCUT2D eigenvalue weighted by molar-refractivity contribution is 6.74. The van der Waals surface area contributed by atoms with E-state index >= 15 is 0 Å². The first kappa shape index (κ1) is 27.2. The van der Waals surface area contributed by atoms with Crippen LogP contribution in [-0.2, 0) is 23.4 Å². The highest BCUT2D eigenvalue weighted by Crippen LogP contribution is 2.75. The van der Waals surface area contributed by atoms with Gasteiger partial charge in [0.1, 0.15) is 0 Å². The van der Waals surface area contributed by atoms with Crippen LogP contribution in [0.5, 0.6) is 0 Å². The summed E-state index contributed by atoms with van der Waals surface area (Å²) in [6.45, 7) is 23.2. The van der Waals surface area contributed by atoms with Gasteiger partial charge in [0.25, 0.3) is 0 Å². The molecule has 4 fully saturated rings. The van der Waals surface area contributed by atoms with Crippen molar-refractivity contribution in [2.24, 2.45) is 40.4 Å². The molecule has 1 saturated heterocycles. The zero-order valence-electron chi connectivity index (χ0n) is 24.4. The van der Waals surface area contributed by atoms with E-state index in [4.69, 9.17) is 18.6 Å². The van der Waals surface area contributed by atoms with Crippen LogP contribution in [0.4, 0.5) is 4.79 Å². The minimum absolute atomic E-state index is 0.0342. The van der Waals surface area contributed by atoms with Gasteiger partial charge in [-0.15, -0.1) is 0 Å². The first-order valence-corrected chi connectivity index (χ1v) is 16.9. The zero-order chi connectivity index (χ0) is 27.7. The molecule has 1 N–H and O–H groups in total. The predicted octanol–water partition coefficient (Wildman–Crippen LogP) is 5.47. The second-order valence-electron chi connectivity index (χ2n) is 14.8. The second-order valence-corrected chi connectivity index (χ2v) is 19.6. The molecule has 3 saturated carbocycles. The van der Waals surface area contributed by atoms with E-state index in [2.05, 4.69) is 67.6 Å². The molecule has 0 aromatic carbocycles. The van der Waals surface area contributed by atoms with E-state index in [9.17, 15) is 14.7 Å². The topological polar surface area (TPSA) is 91.3 Å². The van der Waals surface area contributed by atoms with Crippen molar-refractivity contribution in [1.82, 2.24) is 0 Å². The number of esters is 1. The number of ether oxygens (including phenoxy) is 3. The maximum absolute atomic E-state index is 13.0. The van der Waals surface area contributed by atoms with Gasteiger partial charge in [-0.1, -0.05) is 54.5 Å². The average molecular weight is 535 g/mol. The largest absolute Gasteiger partial charge is 0.509 e. The van der Waals surface area contributed by atoms with Crippen molar-refractivity contribution in [2.45, 2.75) is 117 Å². The molecule has 1 heterocycles. The van der Waals surface area contributed by atoms with E-state index in [0.717, 1.165) is 12.0 Å². The van der Waals surface area contributed by atoms with Gasteiger partial charge < -0.3 is 23.7 Å². The molecule has 8 heteroatoms. The van der Waals surface area contributed by atoms with Gasteiger partial charge in [-0.05, 0) is 60.2 Å². The Morgan fingerprint density at radius 2 is 1.84 bits per heavy atom. The van der Waals surface area contributed by atoms with Crippen LogP contribution in [0.3, 0.4) is 0 Å². The lowest BCUT2D eigenvalue weighted by Gasteiger charge is -2.50. The zero-order valence-corrected chi connectivity index (χ0v) is 25.4. The van der Waals surface area contributed by atoms with Gasteiger partial charge in [0.2, 0.25) is 5.60 Å². The van der Waals surface area contributed by atoms with Crippen LogP contribution in [0.1, 0.15) is 68.7 Å². The molecule has 5 rings (SSSR count). The summed E-state index contributed by atoms with van der Waals surface area (Å²) in [7, 11) is -2.28. The third-order valence-corrected chi connectivity index (χ3v) is 16.0. The lowest BCUT2D eigenvalue weighted by atomic mass is 9.58. The lowest BCUT2D eigenvalue weighted by Crippen LogP contribution is -2.66. The Morgan fingerprint density at radius 1 is 1.22 bits per heavy atom. The van der Waals surface area contributed by atoms with Gasteiger partial charge in [-0.2, -0.15) is 0 Å². The van der Waals surface area contributed by atoms with Crippen LogP contribution in [0.2, 0.25) is 18.1 Å². The summed E-state index contributed by atoms with van der Waals surface area (Å²) in [6, 6.07) is 0. The van der Waals surface area contributed by atoms with Crippen molar-refractivity contribution >= 4 is 20.4 Å². The number of hydrogen-bond donors (Lipinski definition) is 1. The summed E-state index contributed by atoms with van der Waals surface area (Å²) in [6.07, 6.45) is -0.557. The van der Waals surface area contributed by atoms with E-state index in [1.54, 1.807) is 0 Å². The van der Waals surface area contributed by atoms with Gasteiger partial charge in [-0.3, -0.25) is 4.79 Å². The molecule has 7 nitrogen and oxygen atoms in total. The molecule has 0 aromatic rings. The molecule has 5 aliphatic rings. The SMILES string of the molecule is CC(=O)O[C@H]1C(C)=C[C@]23C(O)[C@@H](C(O[Si](C)(C)C(C)(C)C)[C@H](C)[C@H]4OC(=O)O[C@@]412)[C@H]1[C@@H](C[C@H]3C)C1(C)C. The number of fused-ring (bicyclic) bond motifs is 3. The molecule has 2 unspecified atom stereocenters. The third kappa shape index (κ3) is 3.30. The molecule has 2 bridgehead atoms. The van der Waals surface area contributed by atoms with Crippen LogP contribution in [0.25, 0.3) is 0 Å². The Kier molecular flexibility index (Phi) is 5.77. The van der Waals surface area contributed by atoms with Gasteiger partial charge in [0.15, 0.2) is 20.5 Å². The van der Waals surface area contributed by atoms with E-state index in [-0.39, 0.29) is 40.2 Å². The minimum atomic E-state index is -2.28. The molecule has 37 heavy (non-hydrogen) atoms. The summed E-state index contributed by atoms with van der Waals surface area (Å²) < 4.78 is 25.4. The lowest BCUT2D eigenvalue weighted by molar-refractivity contribution is -0.195. The molecular weight excluding hydrogens is 488 g/mol. The van der Waals surface area contributed by atoms with Gasteiger partial charge in [-0.25, -0.2) is 4.79 Å². The Balaban J connectivity index is 1.76. The fourth-order valence-electron chi connectivity index (χ4n) is 8.76. The summed E-state index contributed by atoms with van der Waals surface area (Å²) >= 11 is 0. The fraction of sp³-hybridized carbons (Fsp3) is 0.862. The minimum Gasteiger partial charge on any atom is -0.454 e. The van der Waals surface area contributed by atoms with Crippen LogP contribution >= 0.6 is 0 Å². The first-order chi connectivity index (χ1) is 16.8. The number of aliphatic hydroxyl groups is 1. The monoisotopic (exact) mass is 534 g/mol. The molecular formula is C29H46O7Si. The molecule has 2 spiro atoms. The smallest absolute Gasteiger partial charge is 0.454 e. The number of carbonyl (C=O) groups is 2. The Hall–Kier alpha value is -1.38. The Morgan fingerprint density at radius 3 is 2.41 bits per heavy atom. The van der Waals surface area contributed by atoms with Crippen LogP contribution in [0.15, 0.2) is 11.6 Å². The van der Waals surface area contributed by atoms with E-state index in [1.807, 2.05) is 6.92 Å². The van der Waals surface area contributed by atoms with Crippen LogP contribution in [-0.4, -0.2) is 55.6 Å². The van der Waals surface area contributed by atoms with Crippen molar-refractivity contribution < 1.29 is 33.3 Å². The van der Waals surface area contributed by atoms with Crippen LogP contribution < -0.4 is 0 Å². The Labute approximate surface area is 222 Å². The first-order valence-electron chi connectivity index (χ1n) is 14.0. The normalized spacial score (nSPS) is 47.8. The third-order valence-electron chi connectivity index (χ3n) is 11.6. The number of aliphatic hydroxyl groups excluding tert-OH is 1. The van der Waals surface area contributed by atoms with Crippen molar-refractivity contribution in [2.75, 3.05) is 0 Å². The number of carbonyl (C=O) groups excluding carboxylic acids is 2. The summed E-state index contributed by atoms with van der Waals surface area (Å²) in [4.78, 5) is 25.4. The second kappa shape index (κ2) is 7.84. The maximum Gasteiger partial charge on any atom is 0.509 e. The van der Waals surface area contributed by atoms with E-state index in [0.29, 0.717) is 5.92 Å². The van der Waals surface area contributed by atoms with Gasteiger partial charge >= 0.3 is 12.1 Å². The van der Waals surface area contributed by atoms with Crippen molar-refractivity contribution in [3.8, 4) is 0 Å². The molecule has 208 valence electrons. The van der Waals surface area contributed by atoms with Crippen molar-refractivity contribution in [3.05, 3.63) is 11.6 Å². The quantitative estimate of drug-likeness (QED) is 0.292. The van der Waals surface area contributed by atoms with Gasteiger partial charge in [0.05, 0.1) is 17.6 Å². The number of rotatable bonds is 3. The molecule has 11 atom stereocenters. The Bertz CT molecular complexity index is 1040. The molecule has 1 aliphatic heterocycles. The van der Waals surface area contributed by atoms with Crippen molar-refractivity contribution in [3.63, 3.8) is 0 Å². The van der Waals surface area contributed by atoms with E-state index in [1.165, 1.54) is 6.92 Å². The summed E-state index contributed by atoms with van der Waals surface area (Å²) in [5.41, 5.74) is -1.42. The van der Waals surface area contributed by atoms with Crippen molar-refractivity contribution in [1.29, 1.82) is 0 Å². The van der Waals surface area contributed by atoms with Gasteiger partial charge in [0, 0.05) is 18.8 Å². The average Bonchev–Trinajstić information content (AvgIpc) is 3.03. The molecule has 0 amide bonds. The fourth-order valence-corrected chi connectivity index (χ4v) is 10.2. The van der Waals surface area contributed by atoms with E-state index < -0.39 is 49.8 Å². The molecule has 0 aromatic heterocycles. The maximum atomic E-state index is 13.0. The summed E-state index contributed by atoms with van der Waals surface area (Å²) in [5.74, 6) is -0.232. The highest BCUT2D eigenvalue weighted by Gasteiger charge is 2.83. The highest BCUT2D eigenvalue weighted by atomic mass is 28.4. The van der Waals surface area contributed by atoms with Crippen LogP contribution in [0, 0.1) is 40.4 Å². The predicted molar refractivity (Wildman–Crippen MR) is 141 cm³/mol.